The van der Waals surface area contributed by atoms with E-state index in [-0.39, 0.29) is 12.1 Å². The molecule has 1 heterocycles. The number of carbonyl (C=O) groups is 2. The van der Waals surface area contributed by atoms with E-state index in [1.807, 2.05) is 0 Å². The van der Waals surface area contributed by atoms with Gasteiger partial charge in [-0.2, -0.15) is 0 Å². The number of hydrogen-bond acceptors (Lipinski definition) is 6. The maximum Gasteiger partial charge on any atom is 0.334 e. The smallest absolute Gasteiger partial charge is 0.334 e. The first kappa shape index (κ1) is 18.4. The van der Waals surface area contributed by atoms with Gasteiger partial charge in [-0.05, 0) is 25.7 Å². The maximum atomic E-state index is 13.0. The summed E-state index contributed by atoms with van der Waals surface area (Å²) in [7, 11) is 0. The molecule has 1 aromatic rings. The van der Waals surface area contributed by atoms with E-state index in [1.165, 1.54) is 0 Å². The van der Waals surface area contributed by atoms with Crippen LogP contribution >= 0.6 is 0 Å². The Morgan fingerprint density at radius 1 is 0.962 bits per heavy atom. The second-order valence-corrected chi connectivity index (χ2v) is 7.08. The number of carbonyl (C=O) groups excluding carboxylic acids is 1. The van der Waals surface area contributed by atoms with Crippen molar-refractivity contribution in [2.24, 2.45) is 5.73 Å². The fourth-order valence-electron chi connectivity index (χ4n) is 4.09. The van der Waals surface area contributed by atoms with Crippen LogP contribution in [0.2, 0.25) is 0 Å². The first-order chi connectivity index (χ1) is 12.3. The third-order valence-electron chi connectivity index (χ3n) is 5.47. The summed E-state index contributed by atoms with van der Waals surface area (Å²) < 4.78 is 2.11. The molecule has 0 aromatic carbocycles. The topological polar surface area (TPSA) is 145 Å². The molecule has 0 amide bonds. The number of aromatic hydroxyl groups is 1. The van der Waals surface area contributed by atoms with Gasteiger partial charge < -0.3 is 15.9 Å². The fraction of sp³-hybridized carbons (Fsp3) is 0.647. The number of carboxylic acid groups (broad SMARTS) is 1. The van der Waals surface area contributed by atoms with E-state index < -0.39 is 40.5 Å². The van der Waals surface area contributed by atoms with Crippen LogP contribution in [0.15, 0.2) is 9.59 Å². The van der Waals surface area contributed by atoms with Crippen LogP contribution < -0.4 is 17.0 Å². The Morgan fingerprint density at radius 2 is 1.42 bits per heavy atom. The Morgan fingerprint density at radius 3 is 1.88 bits per heavy atom. The highest BCUT2D eigenvalue weighted by atomic mass is 16.4. The maximum absolute atomic E-state index is 13.0. The predicted octanol–water partition coefficient (Wildman–Crippen LogP) is 0.540. The van der Waals surface area contributed by atoms with Crippen molar-refractivity contribution >= 4 is 11.8 Å². The molecule has 1 aromatic heterocycles. The molecule has 9 heteroatoms. The van der Waals surface area contributed by atoms with Gasteiger partial charge in [-0.3, -0.25) is 23.5 Å². The van der Waals surface area contributed by atoms with Gasteiger partial charge in [0, 0.05) is 12.1 Å². The summed E-state index contributed by atoms with van der Waals surface area (Å²) in [6.45, 7) is 0. The largest absolute Gasteiger partial charge is 0.494 e. The number of nitrogens with zero attached hydrogens (tertiary/aromatic N) is 2. The highest BCUT2D eigenvalue weighted by Crippen LogP contribution is 2.33. The SMILES string of the molecule is NC(C(=O)O)C(=O)c1c(O)n(C2CCCC2)c(=O)n(C2CCCC2)c1=O. The second-order valence-electron chi connectivity index (χ2n) is 7.08. The van der Waals surface area contributed by atoms with Crippen LogP contribution in [0.3, 0.4) is 0 Å². The minimum absolute atomic E-state index is 0.316. The predicted molar refractivity (Wildman–Crippen MR) is 91.6 cm³/mol. The van der Waals surface area contributed by atoms with Gasteiger partial charge in [-0.1, -0.05) is 25.7 Å². The molecule has 1 atom stereocenters. The van der Waals surface area contributed by atoms with Crippen molar-refractivity contribution in [3.05, 3.63) is 26.4 Å². The van der Waals surface area contributed by atoms with Gasteiger partial charge in [-0.15, -0.1) is 0 Å². The van der Waals surface area contributed by atoms with Gasteiger partial charge in [0.1, 0.15) is 5.56 Å². The van der Waals surface area contributed by atoms with Crippen molar-refractivity contribution in [2.45, 2.75) is 69.5 Å². The average Bonchev–Trinajstić information content (AvgIpc) is 3.27. The van der Waals surface area contributed by atoms with Crippen molar-refractivity contribution in [1.29, 1.82) is 0 Å². The molecule has 9 nitrogen and oxygen atoms in total. The van der Waals surface area contributed by atoms with Gasteiger partial charge in [-0.25, -0.2) is 4.79 Å². The summed E-state index contributed by atoms with van der Waals surface area (Å²) in [6, 6.07) is -2.64. The first-order valence-electron chi connectivity index (χ1n) is 8.97. The summed E-state index contributed by atoms with van der Waals surface area (Å²) in [5.41, 5.74) is 3.10. The lowest BCUT2D eigenvalue weighted by atomic mass is 10.1. The molecule has 26 heavy (non-hydrogen) atoms. The molecule has 0 spiro atoms. The first-order valence-corrected chi connectivity index (χ1v) is 8.97. The van der Waals surface area contributed by atoms with Gasteiger partial charge in [0.15, 0.2) is 6.04 Å². The molecule has 1 unspecified atom stereocenters. The molecule has 0 aliphatic heterocycles. The Labute approximate surface area is 149 Å². The number of rotatable bonds is 5. The molecule has 2 aliphatic rings. The number of aliphatic carboxylic acids is 1. The average molecular weight is 365 g/mol. The third-order valence-corrected chi connectivity index (χ3v) is 5.47. The molecule has 0 radical (unpaired) electrons. The quantitative estimate of drug-likeness (QED) is 0.510. The van der Waals surface area contributed by atoms with E-state index in [0.717, 1.165) is 34.8 Å². The molecular formula is C17H23N3O6. The van der Waals surface area contributed by atoms with Crippen molar-refractivity contribution in [1.82, 2.24) is 9.13 Å². The van der Waals surface area contributed by atoms with Gasteiger partial charge in [0.05, 0.1) is 0 Å². The number of hydrogen-bond donors (Lipinski definition) is 3. The van der Waals surface area contributed by atoms with E-state index in [1.54, 1.807) is 0 Å². The van der Waals surface area contributed by atoms with Crippen LogP contribution in [0.4, 0.5) is 0 Å². The fourth-order valence-corrected chi connectivity index (χ4v) is 4.09. The molecular weight excluding hydrogens is 342 g/mol. The zero-order chi connectivity index (χ0) is 19.0. The van der Waals surface area contributed by atoms with Gasteiger partial charge in [0.25, 0.3) is 5.56 Å². The zero-order valence-corrected chi connectivity index (χ0v) is 14.4. The van der Waals surface area contributed by atoms with E-state index in [4.69, 9.17) is 10.8 Å². The summed E-state index contributed by atoms with van der Waals surface area (Å²) in [5, 5.41) is 19.6. The van der Waals surface area contributed by atoms with Crippen LogP contribution in [0.1, 0.15) is 73.8 Å². The monoisotopic (exact) mass is 365 g/mol. The van der Waals surface area contributed by atoms with E-state index in [2.05, 4.69) is 0 Å². The number of Topliss-reactive ketones (excluding diaryl/α,β-unsaturated/α-hetero) is 1. The Kier molecular flexibility index (Phi) is 4.99. The van der Waals surface area contributed by atoms with Crippen molar-refractivity contribution < 1.29 is 19.8 Å². The Hall–Kier alpha value is -2.42. The molecule has 0 saturated heterocycles. The minimum atomic E-state index is -1.97. The van der Waals surface area contributed by atoms with Gasteiger partial charge in [0.2, 0.25) is 11.7 Å². The summed E-state index contributed by atoms with van der Waals surface area (Å²) in [5.74, 6) is -3.54. The molecule has 142 valence electrons. The van der Waals surface area contributed by atoms with E-state index >= 15 is 0 Å². The molecule has 4 N–H and O–H groups in total. The van der Waals surface area contributed by atoms with Crippen LogP contribution in [0, 0.1) is 0 Å². The lowest BCUT2D eigenvalue weighted by molar-refractivity contribution is -0.137. The van der Waals surface area contributed by atoms with Crippen LogP contribution in [0.25, 0.3) is 0 Å². The van der Waals surface area contributed by atoms with E-state index in [0.29, 0.717) is 25.7 Å². The highest BCUT2D eigenvalue weighted by molar-refractivity contribution is 6.12. The minimum Gasteiger partial charge on any atom is -0.494 e. The van der Waals surface area contributed by atoms with E-state index in [9.17, 15) is 24.3 Å². The summed E-state index contributed by atoms with van der Waals surface area (Å²) in [6.07, 6.45) is 6.02. The van der Waals surface area contributed by atoms with Crippen molar-refractivity contribution in [3.63, 3.8) is 0 Å². The number of nitrogens with two attached hydrogens (primary N) is 1. The second kappa shape index (κ2) is 7.06. The normalized spacial score (nSPS) is 19.7. The zero-order valence-electron chi connectivity index (χ0n) is 14.4. The lowest BCUT2D eigenvalue weighted by Crippen LogP contribution is -2.48. The van der Waals surface area contributed by atoms with Crippen LogP contribution in [0.5, 0.6) is 5.88 Å². The summed E-state index contributed by atoms with van der Waals surface area (Å²) >= 11 is 0. The molecule has 2 saturated carbocycles. The number of aromatic nitrogens is 2. The lowest BCUT2D eigenvalue weighted by Gasteiger charge is -2.22. The van der Waals surface area contributed by atoms with Gasteiger partial charge >= 0.3 is 11.7 Å². The highest BCUT2D eigenvalue weighted by Gasteiger charge is 2.35. The summed E-state index contributed by atoms with van der Waals surface area (Å²) in [4.78, 5) is 49.4. The van der Waals surface area contributed by atoms with Crippen molar-refractivity contribution in [2.75, 3.05) is 0 Å². The van der Waals surface area contributed by atoms with Crippen molar-refractivity contribution in [3.8, 4) is 5.88 Å². The van der Waals surface area contributed by atoms with Crippen LogP contribution in [-0.2, 0) is 4.79 Å². The number of carboxylic acids is 1. The molecule has 2 fully saturated rings. The Balaban J connectivity index is 2.25. The number of ketones is 1. The van der Waals surface area contributed by atoms with Crippen LogP contribution in [-0.4, -0.2) is 37.1 Å². The molecule has 3 rings (SSSR count). The Bertz CT molecular complexity index is 843. The molecule has 2 aliphatic carbocycles. The third kappa shape index (κ3) is 2.96. The molecule has 0 bridgehead atoms. The standard InChI is InChI=1S/C17H23N3O6/c18-12(16(24)25)13(21)11-14(22)19(9-5-1-2-6-9)17(26)20(15(11)23)10-7-3-4-8-10/h9-10,12,22H,1-8,18H2,(H,24,25).